The molecule has 5 nitrogen and oxygen atoms in total. The lowest BCUT2D eigenvalue weighted by Gasteiger charge is -2.15. The van der Waals surface area contributed by atoms with E-state index < -0.39 is 19.3 Å². The van der Waals surface area contributed by atoms with E-state index in [0.717, 1.165) is 12.8 Å². The zero-order valence-electron chi connectivity index (χ0n) is 13.9. The van der Waals surface area contributed by atoms with Crippen LogP contribution < -0.4 is 11.2 Å². The fraction of sp³-hybridized carbons (Fsp3) is 0.625. The minimum atomic E-state index is -1.59. The molecule has 3 atom stereocenters. The molecule has 1 aliphatic rings. The second-order valence-electron chi connectivity index (χ2n) is 6.96. The van der Waals surface area contributed by atoms with Gasteiger partial charge < -0.3 is 4.74 Å². The van der Waals surface area contributed by atoms with E-state index >= 15 is 0 Å². The van der Waals surface area contributed by atoms with Crippen molar-refractivity contribution in [3.8, 4) is 11.5 Å². The number of nitrogens with zero attached hydrogens (tertiary/aromatic N) is 1. The summed E-state index contributed by atoms with van der Waals surface area (Å²) in [6.07, 6.45) is 3.06. The molecule has 3 unspecified atom stereocenters. The molecule has 0 aromatic carbocycles. The summed E-state index contributed by atoms with van der Waals surface area (Å²) in [5.41, 5.74) is 2.63. The molecular weight excluding hydrogens is 297 g/mol. The first-order valence-electron chi connectivity index (χ1n) is 7.75. The quantitative estimate of drug-likeness (QED) is 0.515. The summed E-state index contributed by atoms with van der Waals surface area (Å²) in [5, 5.41) is 0. The minimum absolute atomic E-state index is 0.153. The minimum Gasteiger partial charge on any atom is -0.354 e. The summed E-state index contributed by atoms with van der Waals surface area (Å²) in [6, 6.07) is 0. The van der Waals surface area contributed by atoms with Crippen molar-refractivity contribution < 1.29 is 4.74 Å². The van der Waals surface area contributed by atoms with E-state index in [2.05, 4.69) is 49.9 Å². The van der Waals surface area contributed by atoms with Crippen LogP contribution in [0.15, 0.2) is 15.8 Å². The van der Waals surface area contributed by atoms with Crippen molar-refractivity contribution in [2.24, 2.45) is 5.92 Å². The van der Waals surface area contributed by atoms with Crippen LogP contribution in [0.1, 0.15) is 38.5 Å². The molecule has 2 heterocycles. The third-order valence-corrected chi connectivity index (χ3v) is 4.67. The molecule has 22 heavy (non-hydrogen) atoms. The molecule has 120 valence electrons. The first-order chi connectivity index (χ1) is 10.2. The van der Waals surface area contributed by atoms with E-state index in [-0.39, 0.29) is 12.3 Å². The van der Waals surface area contributed by atoms with Crippen molar-refractivity contribution in [1.82, 2.24) is 9.55 Å². The summed E-state index contributed by atoms with van der Waals surface area (Å²) < 4.78 is 7.41. The highest BCUT2D eigenvalue weighted by atomic mass is 28.3. The summed E-state index contributed by atoms with van der Waals surface area (Å²) in [5.74, 6) is 3.33. The molecule has 1 fully saturated rings. The first kappa shape index (κ1) is 16.8. The second kappa shape index (κ2) is 6.27. The lowest BCUT2D eigenvalue weighted by Crippen LogP contribution is -2.33. The van der Waals surface area contributed by atoms with Crippen LogP contribution in [-0.4, -0.2) is 23.7 Å². The van der Waals surface area contributed by atoms with E-state index in [0.29, 0.717) is 11.5 Å². The van der Waals surface area contributed by atoms with Crippen LogP contribution in [0.2, 0.25) is 19.6 Å². The van der Waals surface area contributed by atoms with Gasteiger partial charge in [-0.2, -0.15) is 0 Å². The molecule has 1 aromatic rings. The van der Waals surface area contributed by atoms with E-state index in [1.54, 1.807) is 6.20 Å². The molecule has 0 saturated carbocycles. The summed E-state index contributed by atoms with van der Waals surface area (Å²) >= 11 is 0. The van der Waals surface area contributed by atoms with Crippen molar-refractivity contribution in [2.75, 3.05) is 0 Å². The largest absolute Gasteiger partial charge is 0.354 e. The molecule has 0 aliphatic carbocycles. The predicted molar refractivity (Wildman–Crippen MR) is 89.5 cm³/mol. The highest BCUT2D eigenvalue weighted by Gasteiger charge is 2.32. The van der Waals surface area contributed by atoms with Crippen molar-refractivity contribution in [1.29, 1.82) is 0 Å². The lowest BCUT2D eigenvalue weighted by atomic mass is 10.0. The van der Waals surface area contributed by atoms with Gasteiger partial charge in [0.15, 0.2) is 0 Å². The van der Waals surface area contributed by atoms with Gasteiger partial charge in [-0.3, -0.25) is 14.3 Å². The summed E-state index contributed by atoms with van der Waals surface area (Å²) in [4.78, 5) is 26.3. The van der Waals surface area contributed by atoms with Gasteiger partial charge in [-0.25, -0.2) is 4.79 Å². The number of aromatic amines is 1. The monoisotopic (exact) mass is 321 g/mol. The van der Waals surface area contributed by atoms with Crippen LogP contribution in [0.4, 0.5) is 0 Å². The Kier molecular flexibility index (Phi) is 4.78. The van der Waals surface area contributed by atoms with Crippen molar-refractivity contribution in [2.45, 2.75) is 58.7 Å². The second-order valence-corrected chi connectivity index (χ2v) is 11.7. The Bertz CT molecular complexity index is 718. The first-order valence-corrected chi connectivity index (χ1v) is 11.3. The van der Waals surface area contributed by atoms with E-state index in [1.165, 1.54) is 4.57 Å². The zero-order valence-corrected chi connectivity index (χ0v) is 14.9. The van der Waals surface area contributed by atoms with E-state index in [4.69, 9.17) is 4.74 Å². The maximum absolute atomic E-state index is 12.1. The Morgan fingerprint density at radius 2 is 2.09 bits per heavy atom. The fourth-order valence-electron chi connectivity index (χ4n) is 2.58. The van der Waals surface area contributed by atoms with Crippen LogP contribution >= 0.6 is 0 Å². The van der Waals surface area contributed by atoms with Crippen LogP contribution in [0, 0.1) is 17.4 Å². The van der Waals surface area contributed by atoms with Gasteiger partial charge in [0.1, 0.15) is 19.9 Å². The van der Waals surface area contributed by atoms with Gasteiger partial charge in [0.2, 0.25) is 0 Å². The molecule has 1 saturated heterocycles. The van der Waals surface area contributed by atoms with Crippen molar-refractivity contribution in [3.63, 3.8) is 0 Å². The normalized spacial score (nSPS) is 24.9. The number of H-pyrrole nitrogens is 1. The maximum Gasteiger partial charge on any atom is 0.330 e. The Balaban J connectivity index is 2.39. The Morgan fingerprint density at radius 3 is 2.64 bits per heavy atom. The average Bonchev–Trinajstić information content (AvgIpc) is 2.77. The van der Waals surface area contributed by atoms with Gasteiger partial charge in [0.25, 0.3) is 5.56 Å². The smallest absolute Gasteiger partial charge is 0.330 e. The van der Waals surface area contributed by atoms with Gasteiger partial charge in [0.05, 0.1) is 6.10 Å². The van der Waals surface area contributed by atoms with Crippen LogP contribution in [0.5, 0.6) is 0 Å². The van der Waals surface area contributed by atoms with Crippen molar-refractivity contribution in [3.05, 3.63) is 32.6 Å². The molecular formula is C16H24N2O3Si. The van der Waals surface area contributed by atoms with Crippen LogP contribution in [0.25, 0.3) is 0 Å². The number of nitrogens with one attached hydrogen (secondary N) is 1. The standard InChI is InChI=1S/C16H24N2O3Si/c1-6-13-11(2)9-14(21-13)18-10-12(7-8-22(3,4)5)15(19)17-16(18)20/h10-11,13-14H,6,9H2,1-5H3,(H,17,19,20)/i7+1. The topological polar surface area (TPSA) is 64.1 Å². The lowest BCUT2D eigenvalue weighted by molar-refractivity contribution is -0.00762. The summed E-state index contributed by atoms with van der Waals surface area (Å²) in [7, 11) is -1.59. The van der Waals surface area contributed by atoms with E-state index in [9.17, 15) is 9.59 Å². The van der Waals surface area contributed by atoms with Gasteiger partial charge in [-0.1, -0.05) is 39.4 Å². The molecule has 1 aliphatic heterocycles. The Labute approximate surface area is 131 Å². The highest BCUT2D eigenvalue weighted by molar-refractivity contribution is 6.83. The van der Waals surface area contributed by atoms with E-state index in [1.807, 2.05) is 0 Å². The predicted octanol–water partition coefficient (Wildman–Crippen LogP) is 2.10. The van der Waals surface area contributed by atoms with Gasteiger partial charge in [-0.15, -0.1) is 5.54 Å². The molecule has 6 heteroatoms. The average molecular weight is 321 g/mol. The number of aromatic nitrogens is 2. The molecule has 0 amide bonds. The van der Waals surface area contributed by atoms with Gasteiger partial charge >= 0.3 is 5.69 Å². The maximum atomic E-state index is 12.1. The third-order valence-electron chi connectivity index (χ3n) is 3.79. The van der Waals surface area contributed by atoms with Gasteiger partial charge in [-0.05, 0) is 18.8 Å². The highest BCUT2D eigenvalue weighted by Crippen LogP contribution is 2.33. The zero-order chi connectivity index (χ0) is 16.5. The van der Waals surface area contributed by atoms with Gasteiger partial charge in [0, 0.05) is 6.20 Å². The van der Waals surface area contributed by atoms with Crippen molar-refractivity contribution >= 4 is 8.07 Å². The number of hydrogen-bond acceptors (Lipinski definition) is 3. The molecule has 0 bridgehead atoms. The number of rotatable bonds is 2. The SMILES string of the molecule is CCC1OC(n2cc([13C]#C[Si](C)(C)C)c(=O)[nH]c2=O)CC1C. The number of ether oxygens (including phenoxy) is 1. The third kappa shape index (κ3) is 3.79. The Morgan fingerprint density at radius 1 is 1.41 bits per heavy atom. The number of hydrogen-bond donors (Lipinski definition) is 1. The summed E-state index contributed by atoms with van der Waals surface area (Å²) in [6.45, 7) is 10.5. The fourth-order valence-corrected chi connectivity index (χ4v) is 3.09. The molecule has 1 N–H and O–H groups in total. The molecule has 0 spiro atoms. The molecule has 2 rings (SSSR count). The Hall–Kier alpha value is -1.58. The van der Waals surface area contributed by atoms with Crippen LogP contribution in [0.3, 0.4) is 0 Å². The molecule has 0 radical (unpaired) electrons. The van der Waals surface area contributed by atoms with Crippen LogP contribution in [-0.2, 0) is 4.74 Å². The molecule has 1 aromatic heterocycles.